The molecule has 1 spiro atoms. The van der Waals surface area contributed by atoms with Crippen LogP contribution in [0.5, 0.6) is 0 Å². The largest absolute Gasteiger partial charge is 1.00 e. The summed E-state index contributed by atoms with van der Waals surface area (Å²) in [6, 6.07) is 0. The molecular weight excluding hydrogens is 419 g/mol. The quantitative estimate of drug-likeness (QED) is 0.257. The van der Waals surface area contributed by atoms with Crippen LogP contribution in [0.15, 0.2) is 88.4 Å². The molecule has 0 aromatic rings. The van der Waals surface area contributed by atoms with Crippen molar-refractivity contribution in [1.82, 2.24) is 0 Å². The second kappa shape index (κ2) is 13.3. The van der Waals surface area contributed by atoms with Gasteiger partial charge in [-0.3, -0.25) is 0 Å². The minimum absolute atomic E-state index is 0. The van der Waals surface area contributed by atoms with Crippen molar-refractivity contribution in [1.29, 1.82) is 0 Å². The maximum Gasteiger partial charge on any atom is 1.00 e. The van der Waals surface area contributed by atoms with E-state index < -0.39 is 21.5 Å². The fourth-order valence-electron chi connectivity index (χ4n) is 2.48. The first-order valence-corrected chi connectivity index (χ1v) is 10.0. The summed E-state index contributed by atoms with van der Waals surface area (Å²) in [5.41, 5.74) is 18.2. The fourth-order valence-corrected chi connectivity index (χ4v) is 2.95. The molecule has 2 rings (SSSR count). The first-order valence-electron chi connectivity index (χ1n) is 8.42. The van der Waals surface area contributed by atoms with Gasteiger partial charge < -0.3 is 14.2 Å². The van der Waals surface area contributed by atoms with Crippen molar-refractivity contribution in [3.63, 3.8) is 0 Å². The maximum absolute atomic E-state index is 11.1. The van der Waals surface area contributed by atoms with E-state index in [4.69, 9.17) is 14.5 Å². The van der Waals surface area contributed by atoms with Crippen LogP contribution >= 0.6 is 0 Å². The molecule has 7 nitrogen and oxygen atoms in total. The van der Waals surface area contributed by atoms with Gasteiger partial charge in [0.25, 0.3) is 0 Å². The van der Waals surface area contributed by atoms with Crippen molar-refractivity contribution in [2.45, 2.75) is 18.4 Å². The van der Waals surface area contributed by atoms with E-state index in [-0.39, 0.29) is 49.2 Å². The maximum atomic E-state index is 11.1. The van der Waals surface area contributed by atoms with Gasteiger partial charge in [-0.2, -0.15) is 4.89 Å². The third-order valence-electron chi connectivity index (χ3n) is 3.80. The van der Waals surface area contributed by atoms with Crippen LogP contribution in [0.4, 0.5) is 0 Å². The van der Waals surface area contributed by atoms with Crippen molar-refractivity contribution in [2.75, 3.05) is 19.0 Å². The van der Waals surface area contributed by atoms with E-state index in [2.05, 4.69) is 51.7 Å². The molecule has 0 saturated heterocycles. The Labute approximate surface area is 197 Å². The van der Waals surface area contributed by atoms with Crippen LogP contribution in [-0.2, 0) is 29.7 Å². The summed E-state index contributed by atoms with van der Waals surface area (Å²) >= 11 is 0. The topological polar surface area (TPSA) is 94.1 Å². The molecule has 9 heteroatoms. The van der Waals surface area contributed by atoms with E-state index in [1.807, 2.05) is 6.08 Å². The first-order chi connectivity index (χ1) is 14.0. The number of ether oxygens (including phenoxy) is 1. The van der Waals surface area contributed by atoms with Gasteiger partial charge in [-0.1, -0.05) is 23.6 Å². The van der Waals surface area contributed by atoms with Crippen LogP contribution in [0.25, 0.3) is 0 Å². The summed E-state index contributed by atoms with van der Waals surface area (Å²) in [7, 11) is -4.41. The Morgan fingerprint density at radius 1 is 1.20 bits per heavy atom. The molecule has 2 aliphatic rings. The molecule has 1 aliphatic carbocycles. The Balaban J connectivity index is 0.00000450. The predicted octanol–water partition coefficient (Wildman–Crippen LogP) is -0.384. The Hall–Kier alpha value is -1.99. The van der Waals surface area contributed by atoms with Gasteiger partial charge in [0.1, 0.15) is 18.5 Å². The van der Waals surface area contributed by atoms with Gasteiger partial charge >= 0.3 is 29.6 Å². The smallest absolute Gasteiger partial charge is 0.748 e. The van der Waals surface area contributed by atoms with E-state index in [1.54, 1.807) is 18.2 Å². The average molecular weight is 436 g/mol. The van der Waals surface area contributed by atoms with Crippen molar-refractivity contribution >= 4 is 10.1 Å². The molecule has 1 aliphatic heterocycles. The molecule has 0 N–H and O–H groups in total. The van der Waals surface area contributed by atoms with Crippen molar-refractivity contribution < 1.29 is 62.1 Å². The Morgan fingerprint density at radius 3 is 2.67 bits per heavy atom. The first kappa shape index (κ1) is 26.0. The molecule has 1 atom stereocenters. The monoisotopic (exact) mass is 436 g/mol. The summed E-state index contributed by atoms with van der Waals surface area (Å²) in [4.78, 5) is 9.56. The van der Waals surface area contributed by atoms with Crippen LogP contribution in [0.1, 0.15) is 12.8 Å². The van der Waals surface area contributed by atoms with Gasteiger partial charge in [-0.25, -0.2) is 8.42 Å². The molecule has 0 fully saturated rings. The molecule has 30 heavy (non-hydrogen) atoms. The molecule has 0 aromatic carbocycles. The van der Waals surface area contributed by atoms with Gasteiger partial charge in [-0.15, -0.1) is 0 Å². The van der Waals surface area contributed by atoms with Crippen LogP contribution in [0.3, 0.4) is 0 Å². The van der Waals surface area contributed by atoms with Gasteiger partial charge in [0.05, 0.1) is 16.7 Å². The Bertz CT molecular complexity index is 1090. The van der Waals surface area contributed by atoms with Gasteiger partial charge in [-0.05, 0) is 64.4 Å². The molecular formula is C21H17NaO7S. The Kier molecular flexibility index (Phi) is 11.6. The Morgan fingerprint density at radius 2 is 1.97 bits per heavy atom. The van der Waals surface area contributed by atoms with E-state index in [9.17, 15) is 13.0 Å². The second-order valence-corrected chi connectivity index (χ2v) is 7.23. The van der Waals surface area contributed by atoms with Crippen LogP contribution in [0.2, 0.25) is 0 Å². The number of hydrogen-bond donors (Lipinski definition) is 0. The molecule has 0 saturated carbocycles. The summed E-state index contributed by atoms with van der Waals surface area (Å²) in [6.45, 7) is 3.61. The zero-order valence-corrected chi connectivity index (χ0v) is 19.2. The minimum atomic E-state index is -4.41. The fraction of sp³-hybridized carbons (Fsp3) is 0.286. The average Bonchev–Trinajstić information content (AvgIpc) is 2.78. The zero-order chi connectivity index (χ0) is 21.0. The zero-order valence-electron chi connectivity index (χ0n) is 16.4. The summed E-state index contributed by atoms with van der Waals surface area (Å²) in [5.74, 6) is -0.596. The van der Waals surface area contributed by atoms with Crippen molar-refractivity contribution in [3.05, 3.63) is 88.4 Å². The van der Waals surface area contributed by atoms with Crippen LogP contribution < -0.4 is 29.6 Å². The van der Waals surface area contributed by atoms with Crippen molar-refractivity contribution in [3.8, 4) is 0 Å². The summed E-state index contributed by atoms with van der Waals surface area (Å²) < 4.78 is 39.1. The van der Waals surface area contributed by atoms with Crippen LogP contribution in [0, 0.1) is 0 Å². The third kappa shape index (κ3) is 9.22. The van der Waals surface area contributed by atoms with Gasteiger partial charge in [0.15, 0.2) is 0 Å². The van der Waals surface area contributed by atoms with Crippen LogP contribution in [-0.4, -0.2) is 37.5 Å². The number of hydrogen-bond acceptors (Lipinski definition) is 7. The van der Waals surface area contributed by atoms with Gasteiger partial charge in [0, 0.05) is 17.7 Å². The minimum Gasteiger partial charge on any atom is -0.748 e. The molecule has 0 aromatic heterocycles. The standard InChI is InChI=1S/C21H18O7S.Na/c1-2-3-4-5-6-7-8-9-19-10-13-21(14-11-19)20(12-17-29(22,23)24)18-27-28-26-16-15-25-21;/h9-11,13,18H,1,12,14-17H2,(H,22,23,24);/q;+1/p-1/b20-18-;. The van der Waals surface area contributed by atoms with E-state index in [0.717, 1.165) is 5.57 Å². The summed E-state index contributed by atoms with van der Waals surface area (Å²) in [5, 5.41) is 4.49. The van der Waals surface area contributed by atoms with E-state index in [0.29, 0.717) is 12.0 Å². The predicted molar refractivity (Wildman–Crippen MR) is 101 cm³/mol. The summed E-state index contributed by atoms with van der Waals surface area (Å²) in [6.07, 6.45) is 8.57. The normalized spacial score (nSPS) is 21.9. The second-order valence-electron chi connectivity index (χ2n) is 5.71. The number of allylic oxidation sites excluding steroid dienone is 3. The SMILES string of the molecule is C=C=C=C=C=C=C=C=CC1=CCC2(C=C1)OCCOOO/C=C\2CCS(=O)(=O)[O-].[Na+]. The van der Waals surface area contributed by atoms with E-state index >= 15 is 0 Å². The molecule has 0 bridgehead atoms. The van der Waals surface area contributed by atoms with Crippen molar-refractivity contribution in [2.24, 2.45) is 0 Å². The number of rotatable bonds is 4. The van der Waals surface area contributed by atoms with Gasteiger partial charge in [0.2, 0.25) is 0 Å². The third-order valence-corrected chi connectivity index (χ3v) is 4.51. The molecule has 150 valence electrons. The molecule has 0 amide bonds. The molecule has 1 unspecified atom stereocenters. The molecule has 1 heterocycles. The molecule has 0 radical (unpaired) electrons. The van der Waals surface area contributed by atoms with E-state index in [1.165, 1.54) is 6.26 Å².